The second-order valence-electron chi connectivity index (χ2n) is 4.20. The Hall–Kier alpha value is -2.01. The molecule has 0 heterocycles. The van der Waals surface area contributed by atoms with Crippen LogP contribution in [0.3, 0.4) is 0 Å². The summed E-state index contributed by atoms with van der Waals surface area (Å²) in [5.41, 5.74) is 1.82. The molecule has 0 bridgehead atoms. The number of nitrogens with one attached hydrogen (secondary N) is 1. The van der Waals surface area contributed by atoms with Gasteiger partial charge in [0.25, 0.3) is 0 Å². The third-order valence-electron chi connectivity index (χ3n) is 2.83. The largest absolute Gasteiger partial charge is 0.497 e. The monoisotopic (exact) mass is 335 g/mol. The lowest BCUT2D eigenvalue weighted by atomic mass is 10.1. The van der Waals surface area contributed by atoms with Gasteiger partial charge in [0.15, 0.2) is 0 Å². The van der Waals surface area contributed by atoms with Crippen molar-refractivity contribution >= 4 is 27.6 Å². The van der Waals surface area contributed by atoms with E-state index in [4.69, 9.17) is 4.74 Å². The second-order valence-corrected chi connectivity index (χ2v) is 5.12. The van der Waals surface area contributed by atoms with Crippen LogP contribution in [0.25, 0.3) is 0 Å². The van der Waals surface area contributed by atoms with Crippen LogP contribution < -0.4 is 10.1 Å². The molecule has 4 nitrogen and oxygen atoms in total. The molecule has 0 atom stereocenters. The summed E-state index contributed by atoms with van der Waals surface area (Å²) in [7, 11) is 1.55. The lowest BCUT2D eigenvalue weighted by Crippen LogP contribution is -2.06. The van der Waals surface area contributed by atoms with Gasteiger partial charge in [-0.2, -0.15) is 0 Å². The Morgan fingerprint density at radius 2 is 2.10 bits per heavy atom. The molecule has 0 aliphatic heterocycles. The van der Waals surface area contributed by atoms with Crippen molar-refractivity contribution < 1.29 is 14.6 Å². The SMILES string of the molecule is COc1ccc(C(=O)O)c(NCc2cccc(Br)c2)c1. The Bertz CT molecular complexity index is 628. The van der Waals surface area contributed by atoms with Crippen LogP contribution >= 0.6 is 15.9 Å². The van der Waals surface area contributed by atoms with Crippen LogP contribution in [-0.2, 0) is 6.54 Å². The first-order valence-corrected chi connectivity index (χ1v) is 6.79. The highest BCUT2D eigenvalue weighted by atomic mass is 79.9. The molecule has 0 fully saturated rings. The summed E-state index contributed by atoms with van der Waals surface area (Å²) in [5.74, 6) is -0.351. The molecule has 0 aliphatic rings. The minimum Gasteiger partial charge on any atom is -0.497 e. The zero-order chi connectivity index (χ0) is 14.5. The number of rotatable bonds is 5. The molecule has 2 aromatic rings. The number of aromatic carboxylic acids is 1. The molecule has 0 aromatic heterocycles. The third kappa shape index (κ3) is 3.51. The van der Waals surface area contributed by atoms with Gasteiger partial charge >= 0.3 is 5.97 Å². The lowest BCUT2D eigenvalue weighted by Gasteiger charge is -2.11. The van der Waals surface area contributed by atoms with Crippen LogP contribution in [0.2, 0.25) is 0 Å². The average Bonchev–Trinajstić information content (AvgIpc) is 2.44. The Kier molecular flexibility index (Phi) is 4.63. The fourth-order valence-corrected chi connectivity index (χ4v) is 2.27. The van der Waals surface area contributed by atoms with Gasteiger partial charge in [-0.25, -0.2) is 4.79 Å². The van der Waals surface area contributed by atoms with E-state index in [1.54, 1.807) is 19.2 Å². The minimum absolute atomic E-state index is 0.223. The molecular formula is C15H14BrNO3. The molecule has 2 N–H and O–H groups in total. The van der Waals surface area contributed by atoms with Gasteiger partial charge < -0.3 is 15.2 Å². The highest BCUT2D eigenvalue weighted by molar-refractivity contribution is 9.10. The highest BCUT2D eigenvalue weighted by Gasteiger charge is 2.11. The standard InChI is InChI=1S/C15H14BrNO3/c1-20-12-5-6-13(15(18)19)14(8-12)17-9-10-3-2-4-11(16)7-10/h2-8,17H,9H2,1H3,(H,18,19). The Labute approximate surface area is 125 Å². The Balaban J connectivity index is 2.21. The van der Waals surface area contributed by atoms with E-state index in [1.807, 2.05) is 24.3 Å². The molecule has 0 saturated carbocycles. The number of methoxy groups -OCH3 is 1. The molecule has 0 aliphatic carbocycles. The second kappa shape index (κ2) is 6.43. The van der Waals surface area contributed by atoms with Gasteiger partial charge in [-0.05, 0) is 29.8 Å². The predicted octanol–water partition coefficient (Wildman–Crippen LogP) is 3.77. The number of carboxylic acids is 1. The number of benzene rings is 2. The van der Waals surface area contributed by atoms with E-state index in [0.29, 0.717) is 18.0 Å². The fraction of sp³-hybridized carbons (Fsp3) is 0.133. The Morgan fingerprint density at radius 1 is 1.30 bits per heavy atom. The zero-order valence-electron chi connectivity index (χ0n) is 10.9. The summed E-state index contributed by atoms with van der Waals surface area (Å²) in [5, 5.41) is 12.3. The molecule has 0 amide bonds. The molecule has 104 valence electrons. The van der Waals surface area contributed by atoms with Crippen molar-refractivity contribution in [2.45, 2.75) is 6.54 Å². The van der Waals surface area contributed by atoms with Gasteiger partial charge in [-0.3, -0.25) is 0 Å². The van der Waals surface area contributed by atoms with E-state index in [2.05, 4.69) is 21.2 Å². The maximum absolute atomic E-state index is 11.2. The van der Waals surface area contributed by atoms with Crippen LogP contribution in [0.5, 0.6) is 5.75 Å². The minimum atomic E-state index is -0.968. The molecule has 0 saturated heterocycles. The number of hydrogen-bond donors (Lipinski definition) is 2. The maximum atomic E-state index is 11.2. The summed E-state index contributed by atoms with van der Waals surface area (Å²) >= 11 is 3.41. The van der Waals surface area contributed by atoms with Crippen molar-refractivity contribution in [3.63, 3.8) is 0 Å². The van der Waals surface area contributed by atoms with E-state index in [9.17, 15) is 9.90 Å². The van der Waals surface area contributed by atoms with E-state index in [0.717, 1.165) is 10.0 Å². The molecule has 5 heteroatoms. The van der Waals surface area contributed by atoms with Crippen LogP contribution in [-0.4, -0.2) is 18.2 Å². The van der Waals surface area contributed by atoms with Gasteiger partial charge in [0.05, 0.1) is 18.4 Å². The fourth-order valence-electron chi connectivity index (χ4n) is 1.83. The van der Waals surface area contributed by atoms with Crippen LogP contribution in [0.1, 0.15) is 15.9 Å². The first kappa shape index (κ1) is 14.4. The summed E-state index contributed by atoms with van der Waals surface area (Å²) in [4.78, 5) is 11.2. The third-order valence-corrected chi connectivity index (χ3v) is 3.32. The van der Waals surface area contributed by atoms with Gasteiger partial charge in [-0.15, -0.1) is 0 Å². The van der Waals surface area contributed by atoms with Crippen molar-refractivity contribution in [1.82, 2.24) is 0 Å². The van der Waals surface area contributed by atoms with E-state index >= 15 is 0 Å². The normalized spacial score (nSPS) is 10.1. The molecule has 2 aromatic carbocycles. The summed E-state index contributed by atoms with van der Waals surface area (Å²) in [6, 6.07) is 12.7. The molecule has 20 heavy (non-hydrogen) atoms. The average molecular weight is 336 g/mol. The maximum Gasteiger partial charge on any atom is 0.337 e. The Morgan fingerprint density at radius 3 is 2.75 bits per heavy atom. The number of ether oxygens (including phenoxy) is 1. The van der Waals surface area contributed by atoms with Gasteiger partial charge in [-0.1, -0.05) is 28.1 Å². The van der Waals surface area contributed by atoms with Crippen molar-refractivity contribution in [1.29, 1.82) is 0 Å². The van der Waals surface area contributed by atoms with E-state index in [1.165, 1.54) is 6.07 Å². The first-order chi connectivity index (χ1) is 9.60. The summed E-state index contributed by atoms with van der Waals surface area (Å²) in [6.07, 6.45) is 0. The summed E-state index contributed by atoms with van der Waals surface area (Å²) < 4.78 is 6.11. The van der Waals surface area contributed by atoms with E-state index < -0.39 is 5.97 Å². The number of hydrogen-bond acceptors (Lipinski definition) is 3. The summed E-state index contributed by atoms with van der Waals surface area (Å²) in [6.45, 7) is 0.535. The number of carbonyl (C=O) groups is 1. The van der Waals surface area contributed by atoms with Crippen molar-refractivity contribution in [3.05, 3.63) is 58.1 Å². The molecular weight excluding hydrogens is 322 g/mol. The smallest absolute Gasteiger partial charge is 0.337 e. The molecule has 2 rings (SSSR count). The van der Waals surface area contributed by atoms with Gasteiger partial charge in [0, 0.05) is 17.1 Å². The molecule has 0 unspecified atom stereocenters. The first-order valence-electron chi connectivity index (χ1n) is 6.00. The highest BCUT2D eigenvalue weighted by Crippen LogP contribution is 2.23. The molecule has 0 radical (unpaired) electrons. The zero-order valence-corrected chi connectivity index (χ0v) is 12.5. The van der Waals surface area contributed by atoms with Crippen LogP contribution in [0, 0.1) is 0 Å². The number of anilines is 1. The van der Waals surface area contributed by atoms with Crippen LogP contribution in [0.15, 0.2) is 46.9 Å². The molecule has 0 spiro atoms. The number of halogens is 1. The quantitative estimate of drug-likeness (QED) is 0.873. The van der Waals surface area contributed by atoms with Crippen molar-refractivity contribution in [3.8, 4) is 5.75 Å². The van der Waals surface area contributed by atoms with Gasteiger partial charge in [0.1, 0.15) is 5.75 Å². The van der Waals surface area contributed by atoms with E-state index in [-0.39, 0.29) is 5.56 Å². The number of carboxylic acid groups (broad SMARTS) is 1. The van der Waals surface area contributed by atoms with Crippen molar-refractivity contribution in [2.75, 3.05) is 12.4 Å². The lowest BCUT2D eigenvalue weighted by molar-refractivity contribution is 0.0698. The van der Waals surface area contributed by atoms with Crippen molar-refractivity contribution in [2.24, 2.45) is 0 Å². The van der Waals surface area contributed by atoms with Gasteiger partial charge in [0.2, 0.25) is 0 Å². The van der Waals surface area contributed by atoms with Crippen LogP contribution in [0.4, 0.5) is 5.69 Å². The topological polar surface area (TPSA) is 58.6 Å². The predicted molar refractivity (Wildman–Crippen MR) is 81.4 cm³/mol.